The van der Waals surface area contributed by atoms with Gasteiger partial charge in [-0.1, -0.05) is 6.42 Å². The quantitative estimate of drug-likeness (QED) is 0.775. The van der Waals surface area contributed by atoms with Crippen LogP contribution in [0.25, 0.3) is 0 Å². The lowest BCUT2D eigenvalue weighted by molar-refractivity contribution is 0.248. The first kappa shape index (κ1) is 15.2. The summed E-state index contributed by atoms with van der Waals surface area (Å²) in [4.78, 5) is 2.25. The summed E-state index contributed by atoms with van der Waals surface area (Å²) in [6.07, 6.45) is 6.15. The van der Waals surface area contributed by atoms with Crippen LogP contribution in [0.2, 0.25) is 0 Å². The molecule has 0 spiro atoms. The Morgan fingerprint density at radius 1 is 1.21 bits per heavy atom. The van der Waals surface area contributed by atoms with Gasteiger partial charge >= 0.3 is 0 Å². The van der Waals surface area contributed by atoms with Crippen LogP contribution in [0.1, 0.15) is 38.5 Å². The van der Waals surface area contributed by atoms with Crippen molar-refractivity contribution in [1.82, 2.24) is 14.9 Å². The lowest BCUT2D eigenvalue weighted by atomic mass is 10.0. The van der Waals surface area contributed by atoms with E-state index in [4.69, 9.17) is 0 Å². The Balaban J connectivity index is 1.72. The second kappa shape index (κ2) is 7.02. The number of rotatable bonds is 5. The number of hydrogen-bond donors (Lipinski definition) is 2. The van der Waals surface area contributed by atoms with Crippen molar-refractivity contribution in [2.75, 3.05) is 32.4 Å². The Morgan fingerprint density at radius 2 is 1.95 bits per heavy atom. The largest absolute Gasteiger partial charge is 0.314 e. The molecule has 0 radical (unpaired) electrons. The second-order valence-corrected chi connectivity index (χ2v) is 7.82. The van der Waals surface area contributed by atoms with Gasteiger partial charge in [0.05, 0.1) is 5.75 Å². The van der Waals surface area contributed by atoms with E-state index in [1.165, 1.54) is 12.8 Å². The first-order chi connectivity index (χ1) is 9.05. The van der Waals surface area contributed by atoms with Crippen molar-refractivity contribution in [3.8, 4) is 0 Å². The summed E-state index contributed by atoms with van der Waals surface area (Å²) in [5, 5.41) is 3.40. The van der Waals surface area contributed by atoms with Crippen LogP contribution in [0.4, 0.5) is 0 Å². The maximum absolute atomic E-state index is 12.1. The molecule has 5 nitrogen and oxygen atoms in total. The van der Waals surface area contributed by atoms with Gasteiger partial charge in [0.25, 0.3) is 0 Å². The van der Waals surface area contributed by atoms with E-state index in [9.17, 15) is 8.42 Å². The highest BCUT2D eigenvalue weighted by Crippen LogP contribution is 2.13. The SMILES string of the molecule is CN1CCC(NS(=O)(=O)CCC2CCCCN2)CC1. The van der Waals surface area contributed by atoms with Gasteiger partial charge in [-0.25, -0.2) is 13.1 Å². The van der Waals surface area contributed by atoms with Gasteiger partial charge in [-0.15, -0.1) is 0 Å². The van der Waals surface area contributed by atoms with Crippen molar-refractivity contribution in [2.45, 2.75) is 50.6 Å². The molecular formula is C13H27N3O2S. The Kier molecular flexibility index (Phi) is 5.62. The van der Waals surface area contributed by atoms with E-state index in [0.29, 0.717) is 6.04 Å². The Morgan fingerprint density at radius 3 is 2.58 bits per heavy atom. The topological polar surface area (TPSA) is 61.4 Å². The molecule has 0 aromatic carbocycles. The summed E-state index contributed by atoms with van der Waals surface area (Å²) in [5.41, 5.74) is 0. The highest BCUT2D eigenvalue weighted by atomic mass is 32.2. The van der Waals surface area contributed by atoms with Crippen LogP contribution in [-0.2, 0) is 10.0 Å². The van der Waals surface area contributed by atoms with Gasteiger partial charge in [-0.05, 0) is 58.8 Å². The van der Waals surface area contributed by atoms with Gasteiger partial charge in [-0.3, -0.25) is 0 Å². The monoisotopic (exact) mass is 289 g/mol. The fourth-order valence-electron chi connectivity index (χ4n) is 2.91. The van der Waals surface area contributed by atoms with E-state index in [0.717, 1.165) is 45.3 Å². The zero-order chi connectivity index (χ0) is 13.7. The van der Waals surface area contributed by atoms with Gasteiger partial charge in [-0.2, -0.15) is 0 Å². The second-order valence-electron chi connectivity index (χ2n) is 5.95. The zero-order valence-electron chi connectivity index (χ0n) is 11.9. The van der Waals surface area contributed by atoms with E-state index in [1.54, 1.807) is 0 Å². The van der Waals surface area contributed by atoms with Crippen LogP contribution in [0.5, 0.6) is 0 Å². The number of nitrogens with zero attached hydrogens (tertiary/aromatic N) is 1. The molecule has 0 saturated carbocycles. The maximum atomic E-state index is 12.1. The third kappa shape index (κ3) is 5.38. The molecule has 2 rings (SSSR count). The van der Waals surface area contributed by atoms with Crippen molar-refractivity contribution in [3.05, 3.63) is 0 Å². The fraction of sp³-hybridized carbons (Fsp3) is 1.00. The van der Waals surface area contributed by atoms with Crippen molar-refractivity contribution in [3.63, 3.8) is 0 Å². The molecule has 0 aliphatic carbocycles. The minimum Gasteiger partial charge on any atom is -0.314 e. The van der Waals surface area contributed by atoms with Crippen molar-refractivity contribution >= 4 is 10.0 Å². The van der Waals surface area contributed by atoms with Crippen LogP contribution in [-0.4, -0.2) is 57.8 Å². The normalized spacial score (nSPS) is 27.5. The van der Waals surface area contributed by atoms with Gasteiger partial charge in [0, 0.05) is 12.1 Å². The average Bonchev–Trinajstić information content (AvgIpc) is 2.40. The zero-order valence-corrected chi connectivity index (χ0v) is 12.7. The van der Waals surface area contributed by atoms with E-state index in [2.05, 4.69) is 22.0 Å². The number of nitrogens with one attached hydrogen (secondary N) is 2. The minimum atomic E-state index is -3.11. The fourth-order valence-corrected chi connectivity index (χ4v) is 4.36. The third-order valence-electron chi connectivity index (χ3n) is 4.21. The van der Waals surface area contributed by atoms with Gasteiger partial charge < -0.3 is 10.2 Å². The third-order valence-corrected chi connectivity index (χ3v) is 5.68. The first-order valence-corrected chi connectivity index (χ1v) is 9.12. The molecule has 2 saturated heterocycles. The number of hydrogen-bond acceptors (Lipinski definition) is 4. The molecule has 2 aliphatic rings. The molecule has 0 bridgehead atoms. The summed E-state index contributed by atoms with van der Waals surface area (Å²) in [7, 11) is -1.02. The molecular weight excluding hydrogens is 262 g/mol. The van der Waals surface area contributed by atoms with Crippen LogP contribution in [0.3, 0.4) is 0 Å². The van der Waals surface area contributed by atoms with Crippen molar-refractivity contribution in [2.24, 2.45) is 0 Å². The lowest BCUT2D eigenvalue weighted by Crippen LogP contribution is -2.45. The average molecular weight is 289 g/mol. The van der Waals surface area contributed by atoms with Crippen LogP contribution < -0.4 is 10.0 Å². The molecule has 2 aliphatic heterocycles. The van der Waals surface area contributed by atoms with E-state index in [-0.39, 0.29) is 11.8 Å². The molecule has 112 valence electrons. The standard InChI is InChI=1S/C13H27N3O2S/c1-16-9-5-13(6-10-16)15-19(17,18)11-7-12-4-2-3-8-14-12/h12-15H,2-11H2,1H3. The Bertz CT molecular complexity index is 358. The Labute approximate surface area is 117 Å². The molecule has 0 aromatic heterocycles. The molecule has 1 unspecified atom stereocenters. The smallest absolute Gasteiger partial charge is 0.211 e. The number of likely N-dealkylation sites (tertiary alicyclic amines) is 1. The van der Waals surface area contributed by atoms with Crippen LogP contribution in [0.15, 0.2) is 0 Å². The molecule has 0 aromatic rings. The van der Waals surface area contributed by atoms with Crippen LogP contribution >= 0.6 is 0 Å². The van der Waals surface area contributed by atoms with E-state index >= 15 is 0 Å². The highest BCUT2D eigenvalue weighted by molar-refractivity contribution is 7.89. The number of sulfonamides is 1. The van der Waals surface area contributed by atoms with Crippen molar-refractivity contribution in [1.29, 1.82) is 0 Å². The summed E-state index contributed by atoms with van der Waals surface area (Å²) in [6, 6.07) is 0.531. The van der Waals surface area contributed by atoms with E-state index in [1.807, 2.05) is 0 Å². The molecule has 2 N–H and O–H groups in total. The molecule has 6 heteroatoms. The van der Waals surface area contributed by atoms with Gasteiger partial charge in [0.15, 0.2) is 0 Å². The predicted molar refractivity (Wildman–Crippen MR) is 77.7 cm³/mol. The van der Waals surface area contributed by atoms with Gasteiger partial charge in [0.1, 0.15) is 0 Å². The Hall–Kier alpha value is -0.170. The summed E-state index contributed by atoms with van der Waals surface area (Å²) in [5.74, 6) is 0.261. The maximum Gasteiger partial charge on any atom is 0.211 e. The van der Waals surface area contributed by atoms with E-state index < -0.39 is 10.0 Å². The summed E-state index contributed by atoms with van der Waals surface area (Å²) in [6.45, 7) is 3.00. The molecule has 2 fully saturated rings. The van der Waals surface area contributed by atoms with Crippen LogP contribution in [0, 0.1) is 0 Å². The lowest BCUT2D eigenvalue weighted by Gasteiger charge is -2.29. The highest BCUT2D eigenvalue weighted by Gasteiger charge is 2.23. The summed E-state index contributed by atoms with van der Waals surface area (Å²) < 4.78 is 27.0. The molecule has 19 heavy (non-hydrogen) atoms. The molecule has 1 atom stereocenters. The minimum absolute atomic E-state index is 0.139. The predicted octanol–water partition coefficient (Wildman–Crippen LogP) is 0.532. The molecule has 0 amide bonds. The van der Waals surface area contributed by atoms with Gasteiger partial charge in [0.2, 0.25) is 10.0 Å². The van der Waals surface area contributed by atoms with Crippen molar-refractivity contribution < 1.29 is 8.42 Å². The number of piperidine rings is 2. The first-order valence-electron chi connectivity index (χ1n) is 7.47. The molecule has 2 heterocycles. The summed E-state index contributed by atoms with van der Waals surface area (Å²) >= 11 is 0.